The number of hydrogen-bond acceptors (Lipinski definition) is 4. The van der Waals surface area contributed by atoms with Crippen molar-refractivity contribution < 1.29 is 4.79 Å². The fourth-order valence-electron chi connectivity index (χ4n) is 2.87. The van der Waals surface area contributed by atoms with Gasteiger partial charge in [-0.3, -0.25) is 0 Å². The van der Waals surface area contributed by atoms with Crippen LogP contribution in [0.4, 0.5) is 10.6 Å². The summed E-state index contributed by atoms with van der Waals surface area (Å²) in [5.74, 6) is 1.02. The van der Waals surface area contributed by atoms with Crippen LogP contribution in [-0.4, -0.2) is 39.7 Å². The molecule has 2 aromatic rings. The first-order valence-corrected chi connectivity index (χ1v) is 8.41. The highest BCUT2D eigenvalue weighted by molar-refractivity contribution is 5.74. The molecule has 0 saturated carbocycles. The van der Waals surface area contributed by atoms with Gasteiger partial charge in [-0.25, -0.2) is 14.8 Å². The molecule has 24 heavy (non-hydrogen) atoms. The maximum Gasteiger partial charge on any atom is 0.315 e. The standard InChI is InChI=1S/C17H24N6O/c1-14(12-22-9-6-18-13-22)21-17(24)20-11-15-4-5-16(19-10-15)23-7-2-3-8-23/h4-6,9-10,13-14H,2-3,7-8,11-12H2,1H3,(H2,20,21,24)/t14-/m0/s1. The van der Waals surface area contributed by atoms with Crippen LogP contribution >= 0.6 is 0 Å². The van der Waals surface area contributed by atoms with Gasteiger partial charge in [-0.15, -0.1) is 0 Å². The van der Waals surface area contributed by atoms with E-state index in [4.69, 9.17) is 0 Å². The van der Waals surface area contributed by atoms with Crippen molar-refractivity contribution in [2.75, 3.05) is 18.0 Å². The molecular formula is C17H24N6O. The second kappa shape index (κ2) is 7.81. The first-order chi connectivity index (χ1) is 11.7. The highest BCUT2D eigenvalue weighted by Crippen LogP contribution is 2.17. The van der Waals surface area contributed by atoms with Crippen molar-refractivity contribution in [2.45, 2.75) is 38.9 Å². The maximum atomic E-state index is 12.0. The van der Waals surface area contributed by atoms with Gasteiger partial charge in [-0.2, -0.15) is 0 Å². The van der Waals surface area contributed by atoms with Crippen molar-refractivity contribution in [3.05, 3.63) is 42.6 Å². The molecule has 0 unspecified atom stereocenters. The summed E-state index contributed by atoms with van der Waals surface area (Å²) >= 11 is 0. The summed E-state index contributed by atoms with van der Waals surface area (Å²) in [6, 6.07) is 3.90. The van der Waals surface area contributed by atoms with Crippen LogP contribution in [0.15, 0.2) is 37.1 Å². The Morgan fingerprint density at radius 1 is 1.33 bits per heavy atom. The number of nitrogens with zero attached hydrogens (tertiary/aromatic N) is 4. The summed E-state index contributed by atoms with van der Waals surface area (Å²) in [7, 11) is 0. The minimum atomic E-state index is -0.175. The predicted molar refractivity (Wildman–Crippen MR) is 92.7 cm³/mol. The van der Waals surface area contributed by atoms with E-state index in [0.29, 0.717) is 13.1 Å². The fourth-order valence-corrected chi connectivity index (χ4v) is 2.87. The van der Waals surface area contributed by atoms with Gasteiger partial charge in [-0.1, -0.05) is 6.07 Å². The molecule has 0 radical (unpaired) electrons. The lowest BCUT2D eigenvalue weighted by Crippen LogP contribution is -2.42. The number of urea groups is 1. The lowest BCUT2D eigenvalue weighted by atomic mass is 10.2. The number of imidazole rings is 1. The topological polar surface area (TPSA) is 75.1 Å². The van der Waals surface area contributed by atoms with E-state index in [9.17, 15) is 4.79 Å². The number of hydrogen-bond donors (Lipinski definition) is 2. The normalized spacial score (nSPS) is 15.3. The van der Waals surface area contributed by atoms with Gasteiger partial charge in [0.2, 0.25) is 0 Å². The third kappa shape index (κ3) is 4.47. The van der Waals surface area contributed by atoms with Crippen LogP contribution in [0.1, 0.15) is 25.3 Å². The van der Waals surface area contributed by atoms with Crippen molar-refractivity contribution >= 4 is 11.8 Å². The minimum absolute atomic E-state index is 0.0230. The Kier molecular flexibility index (Phi) is 5.30. The van der Waals surface area contributed by atoms with Gasteiger partial charge < -0.3 is 20.1 Å². The van der Waals surface area contributed by atoms with Crippen LogP contribution in [0.5, 0.6) is 0 Å². The zero-order valence-corrected chi connectivity index (χ0v) is 14.0. The van der Waals surface area contributed by atoms with Crippen molar-refractivity contribution in [1.29, 1.82) is 0 Å². The quantitative estimate of drug-likeness (QED) is 0.847. The van der Waals surface area contributed by atoms with Crippen molar-refractivity contribution in [3.63, 3.8) is 0 Å². The summed E-state index contributed by atoms with van der Waals surface area (Å²) < 4.78 is 1.94. The van der Waals surface area contributed by atoms with Crippen molar-refractivity contribution in [2.24, 2.45) is 0 Å². The number of rotatable bonds is 6. The van der Waals surface area contributed by atoms with Gasteiger partial charge >= 0.3 is 6.03 Å². The zero-order chi connectivity index (χ0) is 16.8. The summed E-state index contributed by atoms with van der Waals surface area (Å²) in [5.41, 5.74) is 0.996. The van der Waals surface area contributed by atoms with Crippen LogP contribution < -0.4 is 15.5 Å². The molecular weight excluding hydrogens is 304 g/mol. The Balaban J connectivity index is 1.42. The number of aromatic nitrogens is 3. The van der Waals surface area contributed by atoms with Crippen LogP contribution in [0.25, 0.3) is 0 Å². The average molecular weight is 328 g/mol. The zero-order valence-electron chi connectivity index (χ0n) is 14.0. The number of anilines is 1. The molecule has 1 atom stereocenters. The molecule has 0 aromatic carbocycles. The molecule has 2 N–H and O–H groups in total. The summed E-state index contributed by atoms with van der Waals surface area (Å²) in [4.78, 5) is 22.7. The van der Waals surface area contributed by atoms with Gasteiger partial charge in [0.25, 0.3) is 0 Å². The Bertz CT molecular complexity index is 634. The van der Waals surface area contributed by atoms with Crippen LogP contribution in [-0.2, 0) is 13.1 Å². The van der Waals surface area contributed by atoms with Gasteiger partial charge in [0.1, 0.15) is 5.82 Å². The second-order valence-electron chi connectivity index (χ2n) is 6.21. The minimum Gasteiger partial charge on any atom is -0.357 e. The molecule has 128 valence electrons. The van der Waals surface area contributed by atoms with Crippen LogP contribution in [0.2, 0.25) is 0 Å². The molecule has 1 aliphatic rings. The largest absolute Gasteiger partial charge is 0.357 e. The Labute approximate surface area is 142 Å². The van der Waals surface area contributed by atoms with E-state index in [1.165, 1.54) is 12.8 Å². The van der Waals surface area contributed by atoms with Crippen molar-refractivity contribution in [1.82, 2.24) is 25.2 Å². The Morgan fingerprint density at radius 3 is 2.83 bits per heavy atom. The predicted octanol–water partition coefficient (Wildman–Crippen LogP) is 1.77. The molecule has 1 aliphatic heterocycles. The summed E-state index contributed by atoms with van der Waals surface area (Å²) in [6.45, 7) is 5.30. The number of carbonyl (C=O) groups is 1. The average Bonchev–Trinajstić information content (AvgIpc) is 3.27. The van der Waals surface area contributed by atoms with E-state index >= 15 is 0 Å². The Hall–Kier alpha value is -2.57. The van der Waals surface area contributed by atoms with Crippen LogP contribution in [0, 0.1) is 0 Å². The van der Waals surface area contributed by atoms with E-state index < -0.39 is 0 Å². The summed E-state index contributed by atoms with van der Waals surface area (Å²) in [5, 5.41) is 5.79. The lowest BCUT2D eigenvalue weighted by Gasteiger charge is -2.17. The third-order valence-corrected chi connectivity index (χ3v) is 4.11. The van der Waals surface area contributed by atoms with E-state index in [1.54, 1.807) is 12.5 Å². The van der Waals surface area contributed by atoms with E-state index in [1.807, 2.05) is 36.0 Å². The lowest BCUT2D eigenvalue weighted by molar-refractivity contribution is 0.236. The molecule has 1 fully saturated rings. The smallest absolute Gasteiger partial charge is 0.315 e. The van der Waals surface area contributed by atoms with E-state index in [-0.39, 0.29) is 12.1 Å². The highest BCUT2D eigenvalue weighted by Gasteiger charge is 2.13. The number of nitrogens with one attached hydrogen (secondary N) is 2. The van der Waals surface area contributed by atoms with Gasteiger partial charge in [0.05, 0.1) is 6.33 Å². The Morgan fingerprint density at radius 2 is 2.17 bits per heavy atom. The van der Waals surface area contributed by atoms with E-state index in [2.05, 4.69) is 25.5 Å². The number of carbonyl (C=O) groups excluding carboxylic acids is 1. The van der Waals surface area contributed by atoms with Gasteiger partial charge in [-0.05, 0) is 31.4 Å². The molecule has 2 aromatic heterocycles. The summed E-state index contributed by atoms with van der Waals surface area (Å²) in [6.07, 6.45) is 9.66. The molecule has 7 heteroatoms. The van der Waals surface area contributed by atoms with E-state index in [0.717, 1.165) is 24.5 Å². The number of pyridine rings is 1. The monoisotopic (exact) mass is 328 g/mol. The first kappa shape index (κ1) is 16.3. The molecule has 7 nitrogen and oxygen atoms in total. The first-order valence-electron chi connectivity index (χ1n) is 8.41. The molecule has 0 aliphatic carbocycles. The number of amides is 2. The molecule has 3 heterocycles. The molecule has 3 rings (SSSR count). The molecule has 0 spiro atoms. The van der Waals surface area contributed by atoms with Crippen LogP contribution in [0.3, 0.4) is 0 Å². The van der Waals surface area contributed by atoms with Crippen molar-refractivity contribution in [3.8, 4) is 0 Å². The molecule has 0 bridgehead atoms. The SMILES string of the molecule is C[C@@H](Cn1ccnc1)NC(=O)NCc1ccc(N2CCCC2)nc1. The van der Waals surface area contributed by atoms with Gasteiger partial charge in [0.15, 0.2) is 0 Å². The third-order valence-electron chi connectivity index (χ3n) is 4.11. The maximum absolute atomic E-state index is 12.0. The molecule has 1 saturated heterocycles. The second-order valence-corrected chi connectivity index (χ2v) is 6.21. The fraction of sp³-hybridized carbons (Fsp3) is 0.471. The van der Waals surface area contributed by atoms with Gasteiger partial charge in [0, 0.05) is 50.8 Å². The molecule has 2 amide bonds. The highest BCUT2D eigenvalue weighted by atomic mass is 16.2.